The molecule has 4 rings (SSSR count). The molecule has 9 heteroatoms. The van der Waals surface area contributed by atoms with Gasteiger partial charge in [0.2, 0.25) is 0 Å². The van der Waals surface area contributed by atoms with Crippen molar-refractivity contribution in [3.05, 3.63) is 64.8 Å². The number of thioether (sulfide) groups is 1. The van der Waals surface area contributed by atoms with Gasteiger partial charge in [0, 0.05) is 5.56 Å². The number of nitrogens with zero attached hydrogens (tertiary/aromatic N) is 2. The number of amidine groups is 1. The van der Waals surface area contributed by atoms with E-state index in [0.717, 1.165) is 16.7 Å². The van der Waals surface area contributed by atoms with Crippen LogP contribution in [-0.4, -0.2) is 29.5 Å². The maximum Gasteiger partial charge on any atom is 0.264 e. The lowest BCUT2D eigenvalue weighted by Gasteiger charge is -2.17. The number of benzene rings is 2. The standard InChI is InChI=1S/C19H12FN3O4S/c20-10-5-7-11(8-6-10)21-19-22-17(26)16(28-19)15-12-3-1-2-4-13(12)23(18(15)27)9-14(24)25/h1-8H,9H2,(H,24,25)(H,21,22,26)/p-1/b16-15-. The Morgan fingerprint density at radius 2 is 1.86 bits per heavy atom. The largest absolute Gasteiger partial charge is 0.548 e. The van der Waals surface area contributed by atoms with Crippen LogP contribution in [0.2, 0.25) is 0 Å². The van der Waals surface area contributed by atoms with Crippen molar-refractivity contribution in [2.75, 3.05) is 11.4 Å². The van der Waals surface area contributed by atoms with Gasteiger partial charge in [0.1, 0.15) is 5.82 Å². The van der Waals surface area contributed by atoms with Crippen LogP contribution in [-0.2, 0) is 14.4 Å². The van der Waals surface area contributed by atoms with Crippen LogP contribution in [0.15, 0.2) is 58.4 Å². The first-order valence-electron chi connectivity index (χ1n) is 8.13. The van der Waals surface area contributed by atoms with Crippen LogP contribution in [0.25, 0.3) is 5.57 Å². The van der Waals surface area contributed by atoms with E-state index in [9.17, 15) is 23.9 Å². The monoisotopic (exact) mass is 396 g/mol. The smallest absolute Gasteiger partial charge is 0.264 e. The molecular weight excluding hydrogens is 385 g/mol. The molecule has 0 aromatic heterocycles. The summed E-state index contributed by atoms with van der Waals surface area (Å²) in [6.07, 6.45) is 0. The number of carboxylic acid groups (broad SMARTS) is 1. The molecule has 2 aromatic rings. The van der Waals surface area contributed by atoms with Crippen LogP contribution in [0.3, 0.4) is 0 Å². The van der Waals surface area contributed by atoms with Gasteiger partial charge in [-0.25, -0.2) is 9.38 Å². The minimum Gasteiger partial charge on any atom is -0.548 e. The van der Waals surface area contributed by atoms with Crippen molar-refractivity contribution < 1.29 is 23.9 Å². The lowest BCUT2D eigenvalue weighted by molar-refractivity contribution is -0.303. The fraction of sp³-hybridized carbons (Fsp3) is 0.0526. The minimum absolute atomic E-state index is 0.114. The van der Waals surface area contributed by atoms with Crippen LogP contribution in [0.5, 0.6) is 0 Å². The van der Waals surface area contributed by atoms with Crippen molar-refractivity contribution >= 4 is 51.7 Å². The van der Waals surface area contributed by atoms with E-state index in [-0.39, 0.29) is 15.6 Å². The van der Waals surface area contributed by atoms with Gasteiger partial charge in [0.25, 0.3) is 11.8 Å². The highest BCUT2D eigenvalue weighted by Crippen LogP contribution is 2.42. The molecule has 2 aliphatic rings. The Kier molecular flexibility index (Phi) is 4.44. The number of amides is 2. The van der Waals surface area contributed by atoms with Gasteiger partial charge < -0.3 is 20.1 Å². The first-order valence-corrected chi connectivity index (χ1v) is 8.94. The lowest BCUT2D eigenvalue weighted by atomic mass is 10.1. The van der Waals surface area contributed by atoms with Gasteiger partial charge in [-0.15, -0.1) is 0 Å². The summed E-state index contributed by atoms with van der Waals surface area (Å²) in [6, 6.07) is 12.0. The van der Waals surface area contributed by atoms with Crippen molar-refractivity contribution in [3.63, 3.8) is 0 Å². The van der Waals surface area contributed by atoms with E-state index < -0.39 is 30.1 Å². The lowest BCUT2D eigenvalue weighted by Crippen LogP contribution is -2.39. The van der Waals surface area contributed by atoms with Gasteiger partial charge in [0.05, 0.1) is 34.4 Å². The topological polar surface area (TPSA) is 102 Å². The number of carbonyl (C=O) groups is 3. The molecule has 0 aliphatic carbocycles. The molecule has 2 aromatic carbocycles. The third kappa shape index (κ3) is 3.16. The van der Waals surface area contributed by atoms with E-state index in [2.05, 4.69) is 10.3 Å². The number of aliphatic carboxylic acids is 1. The first kappa shape index (κ1) is 17.9. The molecule has 0 spiro atoms. The second kappa shape index (κ2) is 6.93. The number of hydrogen-bond acceptors (Lipinski definition) is 6. The first-order chi connectivity index (χ1) is 13.4. The summed E-state index contributed by atoms with van der Waals surface area (Å²) in [5, 5.41) is 13.8. The number of fused-ring (bicyclic) bond motifs is 1. The second-order valence-electron chi connectivity index (χ2n) is 5.93. The maximum atomic E-state index is 13.0. The van der Waals surface area contributed by atoms with E-state index in [1.54, 1.807) is 24.3 Å². The molecule has 1 saturated heterocycles. The highest BCUT2D eigenvalue weighted by molar-refractivity contribution is 8.18. The fourth-order valence-electron chi connectivity index (χ4n) is 2.96. The highest BCUT2D eigenvalue weighted by Gasteiger charge is 2.39. The van der Waals surface area contributed by atoms with Crippen molar-refractivity contribution in [1.82, 2.24) is 5.32 Å². The minimum atomic E-state index is -1.41. The van der Waals surface area contributed by atoms with Crippen molar-refractivity contribution in [1.29, 1.82) is 0 Å². The predicted octanol–water partition coefficient (Wildman–Crippen LogP) is 1.18. The van der Waals surface area contributed by atoms with Crippen LogP contribution >= 0.6 is 11.8 Å². The van der Waals surface area contributed by atoms with Crippen molar-refractivity contribution in [2.45, 2.75) is 0 Å². The van der Waals surface area contributed by atoms with E-state index in [4.69, 9.17) is 0 Å². The van der Waals surface area contributed by atoms with Crippen LogP contribution < -0.4 is 15.3 Å². The molecular formula is C19H11FN3O4S-. The molecule has 140 valence electrons. The average molecular weight is 396 g/mol. The zero-order chi connectivity index (χ0) is 19.8. The molecule has 0 saturated carbocycles. The van der Waals surface area contributed by atoms with Gasteiger partial charge in [-0.3, -0.25) is 9.59 Å². The number of carboxylic acids is 1. The molecule has 2 amide bonds. The molecule has 2 aliphatic heterocycles. The van der Waals surface area contributed by atoms with Gasteiger partial charge in [0.15, 0.2) is 5.17 Å². The maximum absolute atomic E-state index is 13.0. The van der Waals surface area contributed by atoms with E-state index >= 15 is 0 Å². The third-order valence-electron chi connectivity index (χ3n) is 4.12. The summed E-state index contributed by atoms with van der Waals surface area (Å²) in [5.74, 6) is -2.92. The van der Waals surface area contributed by atoms with Gasteiger partial charge >= 0.3 is 0 Å². The number of halogens is 1. The van der Waals surface area contributed by atoms with Gasteiger partial charge in [-0.05, 0) is 42.1 Å². The Morgan fingerprint density at radius 3 is 2.57 bits per heavy atom. The SMILES string of the molecule is O=C([O-])CN1C(=O)/C(=C2\SC(=Nc3ccc(F)cc3)NC2=O)c2ccccc21. The zero-order valence-electron chi connectivity index (χ0n) is 14.1. The summed E-state index contributed by atoms with van der Waals surface area (Å²) < 4.78 is 13.0. The quantitative estimate of drug-likeness (QED) is 0.785. The van der Waals surface area contributed by atoms with Crippen molar-refractivity contribution in [3.8, 4) is 0 Å². The van der Waals surface area contributed by atoms with E-state index in [1.165, 1.54) is 24.3 Å². The highest BCUT2D eigenvalue weighted by atomic mass is 32.2. The van der Waals surface area contributed by atoms with E-state index in [0.29, 0.717) is 16.9 Å². The Bertz CT molecular complexity index is 1080. The summed E-state index contributed by atoms with van der Waals surface area (Å²) in [6.45, 7) is -0.616. The second-order valence-corrected chi connectivity index (χ2v) is 6.93. The number of carbonyl (C=O) groups excluding carboxylic acids is 3. The molecule has 0 atom stereocenters. The summed E-state index contributed by atoms with van der Waals surface area (Å²) in [5.41, 5.74) is 1.42. The van der Waals surface area contributed by atoms with E-state index in [1.807, 2.05) is 0 Å². The number of aliphatic imine (C=N–C) groups is 1. The van der Waals surface area contributed by atoms with Crippen LogP contribution in [0.4, 0.5) is 15.8 Å². The van der Waals surface area contributed by atoms with Crippen LogP contribution in [0.1, 0.15) is 5.56 Å². The molecule has 28 heavy (non-hydrogen) atoms. The van der Waals surface area contributed by atoms with Gasteiger partial charge in [-0.2, -0.15) is 0 Å². The molecule has 7 nitrogen and oxygen atoms in total. The molecule has 0 unspecified atom stereocenters. The number of rotatable bonds is 3. The van der Waals surface area contributed by atoms with Crippen molar-refractivity contribution in [2.24, 2.45) is 4.99 Å². The Morgan fingerprint density at radius 1 is 1.14 bits per heavy atom. The number of hydrogen-bond donors (Lipinski definition) is 1. The average Bonchev–Trinajstić information content (AvgIpc) is 3.14. The number of anilines is 1. The summed E-state index contributed by atoms with van der Waals surface area (Å²) in [7, 11) is 0. The van der Waals surface area contributed by atoms with Crippen LogP contribution in [0, 0.1) is 5.82 Å². The molecule has 0 bridgehead atoms. The number of para-hydroxylation sites is 1. The normalized spacial score (nSPS) is 19.9. The molecule has 1 fully saturated rings. The Hall–Kier alpha value is -3.46. The Labute approximate surface area is 162 Å². The predicted molar refractivity (Wildman–Crippen MR) is 100.0 cm³/mol. The fourth-order valence-corrected chi connectivity index (χ4v) is 3.89. The van der Waals surface area contributed by atoms with Gasteiger partial charge in [-0.1, -0.05) is 18.2 Å². The summed E-state index contributed by atoms with van der Waals surface area (Å²) >= 11 is 0.968. The number of nitrogens with one attached hydrogen (secondary N) is 1. The summed E-state index contributed by atoms with van der Waals surface area (Å²) in [4.78, 5) is 41.8. The Balaban J connectivity index is 1.74. The molecule has 2 heterocycles. The zero-order valence-corrected chi connectivity index (χ0v) is 15.0. The third-order valence-corrected chi connectivity index (χ3v) is 5.10. The molecule has 1 N–H and O–H groups in total. The molecule has 0 radical (unpaired) electrons.